The molecule has 2 aromatic rings. The number of halogens is 1. The zero-order valence-corrected chi connectivity index (χ0v) is 19.0. The molecule has 0 saturated carbocycles. The van der Waals surface area contributed by atoms with E-state index < -0.39 is 0 Å². The lowest BCUT2D eigenvalue weighted by atomic mass is 9.89. The number of carbonyl (C=O) groups is 1. The molecule has 0 aromatic heterocycles. The molecule has 0 radical (unpaired) electrons. The lowest BCUT2D eigenvalue weighted by Gasteiger charge is -2.39. The highest BCUT2D eigenvalue weighted by Crippen LogP contribution is 2.50. The van der Waals surface area contributed by atoms with Gasteiger partial charge in [0.25, 0.3) is 0 Å². The first-order valence-electron chi connectivity index (χ1n) is 12.0. The van der Waals surface area contributed by atoms with Gasteiger partial charge in [0.15, 0.2) is 0 Å². The van der Waals surface area contributed by atoms with Crippen LogP contribution in [-0.4, -0.2) is 49.6 Å². The Balaban J connectivity index is 0.00000105. The number of rotatable bonds is 4. The molecule has 6 heteroatoms. The number of likely N-dealkylation sites (tertiary alicyclic amines) is 1. The minimum Gasteiger partial charge on any atom is -0.493 e. The number of hydrogen-bond acceptors (Lipinski definition) is 4. The number of para-hydroxylation sites is 1. The van der Waals surface area contributed by atoms with Gasteiger partial charge < -0.3 is 19.9 Å². The van der Waals surface area contributed by atoms with Crippen molar-refractivity contribution in [1.29, 1.82) is 0 Å². The van der Waals surface area contributed by atoms with Crippen LogP contribution >= 0.6 is 0 Å². The van der Waals surface area contributed by atoms with E-state index in [1.807, 2.05) is 19.9 Å². The number of aryl methyl sites for hydroxylation is 1. The lowest BCUT2D eigenvalue weighted by molar-refractivity contribution is -0.115. The summed E-state index contributed by atoms with van der Waals surface area (Å²) in [5.74, 6) is 1.01. The summed E-state index contributed by atoms with van der Waals surface area (Å²) in [4.78, 5) is 16.8. The predicted molar refractivity (Wildman–Crippen MR) is 125 cm³/mol. The monoisotopic (exact) mass is 437 g/mol. The molecule has 32 heavy (non-hydrogen) atoms. The van der Waals surface area contributed by atoms with Crippen LogP contribution in [0.5, 0.6) is 5.75 Å². The molecule has 6 rings (SSSR count). The van der Waals surface area contributed by atoms with Crippen molar-refractivity contribution in [2.75, 3.05) is 43.0 Å². The second kappa shape index (κ2) is 8.74. The van der Waals surface area contributed by atoms with Crippen LogP contribution in [-0.2, 0) is 17.6 Å². The van der Waals surface area contributed by atoms with Crippen molar-refractivity contribution in [3.63, 3.8) is 0 Å². The van der Waals surface area contributed by atoms with Gasteiger partial charge in [-0.2, -0.15) is 0 Å². The van der Waals surface area contributed by atoms with Crippen molar-refractivity contribution in [2.45, 2.75) is 51.5 Å². The third kappa shape index (κ3) is 3.54. The molecule has 0 bridgehead atoms. The van der Waals surface area contributed by atoms with Crippen LogP contribution in [0, 0.1) is 5.82 Å². The first-order valence-corrected chi connectivity index (χ1v) is 12.0. The second-order valence-electron chi connectivity index (χ2n) is 8.91. The number of ether oxygens (including phenoxy) is 1. The molecule has 1 N–H and O–H groups in total. The van der Waals surface area contributed by atoms with Crippen LogP contribution in [0.2, 0.25) is 0 Å². The molecule has 2 unspecified atom stereocenters. The second-order valence-corrected chi connectivity index (χ2v) is 8.91. The van der Waals surface area contributed by atoms with Crippen molar-refractivity contribution >= 4 is 17.3 Å². The lowest BCUT2D eigenvalue weighted by Crippen LogP contribution is -2.49. The molecule has 0 spiro atoms. The van der Waals surface area contributed by atoms with E-state index in [0.717, 1.165) is 63.4 Å². The maximum Gasteiger partial charge on any atom is 0.244 e. The van der Waals surface area contributed by atoms with Gasteiger partial charge in [0.05, 0.1) is 18.8 Å². The minimum absolute atomic E-state index is 0.112. The Morgan fingerprint density at radius 3 is 2.97 bits per heavy atom. The third-order valence-corrected chi connectivity index (χ3v) is 7.20. The quantitative estimate of drug-likeness (QED) is 0.773. The van der Waals surface area contributed by atoms with Gasteiger partial charge >= 0.3 is 0 Å². The summed E-state index contributed by atoms with van der Waals surface area (Å²) in [5, 5.41) is 2.75. The summed E-state index contributed by atoms with van der Waals surface area (Å²) in [7, 11) is 0. The highest BCUT2D eigenvalue weighted by Gasteiger charge is 2.45. The van der Waals surface area contributed by atoms with Crippen LogP contribution in [0.25, 0.3) is 0 Å². The Hall–Kier alpha value is -2.60. The first-order chi connectivity index (χ1) is 15.7. The molecular weight excluding hydrogens is 405 g/mol. The zero-order valence-electron chi connectivity index (χ0n) is 19.0. The average molecular weight is 438 g/mol. The Labute approximate surface area is 189 Å². The van der Waals surface area contributed by atoms with Gasteiger partial charge in [-0.3, -0.25) is 4.79 Å². The van der Waals surface area contributed by atoms with Crippen molar-refractivity contribution in [1.82, 2.24) is 4.90 Å². The Morgan fingerprint density at radius 2 is 2.09 bits per heavy atom. The van der Waals surface area contributed by atoms with Gasteiger partial charge in [0.2, 0.25) is 5.91 Å². The fraction of sp³-hybridized carbons (Fsp3) is 0.500. The maximum atomic E-state index is 14.3. The molecule has 1 saturated heterocycles. The van der Waals surface area contributed by atoms with Crippen LogP contribution in [0.3, 0.4) is 0 Å². The Bertz CT molecular complexity index is 1020. The third-order valence-electron chi connectivity index (χ3n) is 7.20. The summed E-state index contributed by atoms with van der Waals surface area (Å²) in [6.45, 7) is 8.18. The molecule has 170 valence electrons. The number of amides is 1. The van der Waals surface area contributed by atoms with E-state index in [9.17, 15) is 9.18 Å². The van der Waals surface area contributed by atoms with Gasteiger partial charge in [-0.15, -0.1) is 0 Å². The van der Waals surface area contributed by atoms with Gasteiger partial charge in [-0.1, -0.05) is 38.1 Å². The van der Waals surface area contributed by atoms with Gasteiger partial charge in [0.1, 0.15) is 17.3 Å². The number of fused-ring (bicyclic) bond motifs is 4. The van der Waals surface area contributed by atoms with E-state index in [4.69, 9.17) is 4.74 Å². The number of hydrogen-bond donors (Lipinski definition) is 1. The van der Waals surface area contributed by atoms with Crippen LogP contribution in [0.1, 0.15) is 49.3 Å². The molecule has 4 heterocycles. The van der Waals surface area contributed by atoms with Crippen molar-refractivity contribution in [2.24, 2.45) is 0 Å². The molecule has 2 atom stereocenters. The summed E-state index contributed by atoms with van der Waals surface area (Å²) in [6, 6.07) is 10.2. The minimum atomic E-state index is -0.333. The maximum absolute atomic E-state index is 14.3. The van der Waals surface area contributed by atoms with E-state index in [-0.39, 0.29) is 11.7 Å². The Kier molecular flexibility index (Phi) is 5.80. The molecule has 0 aliphatic carbocycles. The topological polar surface area (TPSA) is 44.8 Å². The molecule has 1 amide bonds. The summed E-state index contributed by atoms with van der Waals surface area (Å²) < 4.78 is 20.2. The van der Waals surface area contributed by atoms with Crippen molar-refractivity contribution < 1.29 is 13.9 Å². The first kappa shape index (κ1) is 21.3. The number of piperidine rings is 1. The van der Waals surface area contributed by atoms with Crippen molar-refractivity contribution in [3.05, 3.63) is 52.8 Å². The van der Waals surface area contributed by atoms with E-state index in [1.54, 1.807) is 0 Å². The number of benzene rings is 2. The SMILES string of the molecule is CC.O=C1CN2c3c(ccc(F)c3N1)C1CN(CCCc3cccc4c3OCC4)CCC12. The zero-order chi connectivity index (χ0) is 22.2. The van der Waals surface area contributed by atoms with E-state index in [0.29, 0.717) is 24.2 Å². The fourth-order valence-electron chi connectivity index (χ4n) is 5.87. The van der Waals surface area contributed by atoms with E-state index in [2.05, 4.69) is 33.3 Å². The number of nitrogens with zero attached hydrogens (tertiary/aromatic N) is 2. The largest absolute Gasteiger partial charge is 0.493 e. The summed E-state index contributed by atoms with van der Waals surface area (Å²) in [5.41, 5.74) is 5.15. The smallest absolute Gasteiger partial charge is 0.244 e. The molecule has 4 aliphatic rings. The molecule has 4 aliphatic heterocycles. The number of nitrogens with one attached hydrogen (secondary N) is 1. The van der Waals surface area contributed by atoms with Crippen molar-refractivity contribution in [3.8, 4) is 5.75 Å². The number of carbonyl (C=O) groups excluding carboxylic acids is 1. The standard InChI is InChI=1S/C24H26FN3O2.C2H6/c25-19-7-6-17-18-13-27(10-2-5-15-3-1-4-16-9-12-30-24(15)16)11-8-20(18)28-14-21(29)26-22(19)23(17)28;1-2/h1,3-4,6-7,18,20H,2,5,8-14H2,(H,26,29);1-2H3. The molecule has 5 nitrogen and oxygen atoms in total. The van der Waals surface area contributed by atoms with Crippen LogP contribution in [0.15, 0.2) is 30.3 Å². The number of anilines is 2. The molecule has 2 aromatic carbocycles. The van der Waals surface area contributed by atoms with Gasteiger partial charge in [-0.25, -0.2) is 4.39 Å². The summed E-state index contributed by atoms with van der Waals surface area (Å²) >= 11 is 0. The average Bonchev–Trinajstić information content (AvgIpc) is 3.41. The van der Waals surface area contributed by atoms with E-state index in [1.165, 1.54) is 22.8 Å². The van der Waals surface area contributed by atoms with E-state index >= 15 is 0 Å². The van der Waals surface area contributed by atoms with Crippen LogP contribution < -0.4 is 15.0 Å². The molecule has 1 fully saturated rings. The molecular formula is C26H32FN3O2. The Morgan fingerprint density at radius 1 is 1.22 bits per heavy atom. The summed E-state index contributed by atoms with van der Waals surface area (Å²) in [6.07, 6.45) is 4.17. The van der Waals surface area contributed by atoms with Gasteiger partial charge in [0, 0.05) is 31.5 Å². The normalized spacial score (nSPS) is 22.8. The predicted octanol–water partition coefficient (Wildman–Crippen LogP) is 4.35. The highest BCUT2D eigenvalue weighted by molar-refractivity contribution is 6.03. The fourth-order valence-corrected chi connectivity index (χ4v) is 5.87. The highest BCUT2D eigenvalue weighted by atomic mass is 19.1. The van der Waals surface area contributed by atoms with Gasteiger partial charge in [-0.05, 0) is 48.6 Å². The van der Waals surface area contributed by atoms with Crippen LogP contribution in [0.4, 0.5) is 15.8 Å².